The molecule has 1 aliphatic heterocycles. The van der Waals surface area contributed by atoms with Gasteiger partial charge < -0.3 is 10.1 Å². The summed E-state index contributed by atoms with van der Waals surface area (Å²) in [5, 5.41) is 3.90. The van der Waals surface area contributed by atoms with Gasteiger partial charge in [0, 0.05) is 11.5 Å². The molecule has 1 aromatic heterocycles. The van der Waals surface area contributed by atoms with E-state index in [4.69, 9.17) is 4.74 Å². The molecule has 13 heteroatoms. The average molecular weight is 470 g/mol. The van der Waals surface area contributed by atoms with Crippen LogP contribution in [0.5, 0.6) is 0 Å². The van der Waals surface area contributed by atoms with E-state index >= 15 is 0 Å². The van der Waals surface area contributed by atoms with Gasteiger partial charge in [-0.25, -0.2) is 14.4 Å². The van der Waals surface area contributed by atoms with Crippen LogP contribution in [0.4, 0.5) is 30.7 Å². The molecule has 2 saturated carbocycles. The number of nitrogens with one attached hydrogen (secondary N) is 2. The van der Waals surface area contributed by atoms with Gasteiger partial charge in [-0.3, -0.25) is 10.1 Å². The maximum absolute atomic E-state index is 13.1. The first kappa shape index (κ1) is 23.1. The third-order valence-corrected chi connectivity index (χ3v) is 6.63. The molecule has 178 valence electrons. The summed E-state index contributed by atoms with van der Waals surface area (Å²) < 4.78 is 95.8. The van der Waals surface area contributed by atoms with Crippen molar-refractivity contribution in [2.45, 2.75) is 74.1 Å². The number of rotatable bonds is 5. The van der Waals surface area contributed by atoms with Gasteiger partial charge in [0.1, 0.15) is 11.9 Å². The summed E-state index contributed by atoms with van der Waals surface area (Å²) in [7, 11) is 0. The van der Waals surface area contributed by atoms with Crippen LogP contribution < -0.4 is 10.6 Å². The Bertz CT molecular complexity index is 848. The Balaban J connectivity index is 1.34. The number of alkyl halides is 6. The molecule has 0 radical (unpaired) electrons. The maximum Gasteiger partial charge on any atom is 0.471 e. The predicted molar refractivity (Wildman–Crippen MR) is 94.7 cm³/mol. The molecule has 0 aromatic carbocycles. The topological polar surface area (TPSA) is 76.1 Å². The molecular formula is C19H21F7N4O2. The van der Waals surface area contributed by atoms with Crippen molar-refractivity contribution in [3.63, 3.8) is 0 Å². The molecule has 1 saturated heterocycles. The molecule has 2 heterocycles. The minimum absolute atomic E-state index is 0.187. The highest BCUT2D eigenvalue weighted by atomic mass is 19.4. The number of hydrogen-bond donors (Lipinski definition) is 2. The number of amides is 1. The van der Waals surface area contributed by atoms with E-state index < -0.39 is 48.6 Å². The van der Waals surface area contributed by atoms with E-state index in [-0.39, 0.29) is 24.0 Å². The lowest BCUT2D eigenvalue weighted by Gasteiger charge is -2.29. The molecule has 32 heavy (non-hydrogen) atoms. The molecule has 0 spiro atoms. The number of nitrogens with zero attached hydrogens (tertiary/aromatic N) is 2. The monoisotopic (exact) mass is 470 g/mol. The SMILES string of the molecule is O=C(NC1C[C@@H](C(F)(F)F)N[C@H]1COC1CCC2(c3ncc(F)cn3)CC2C1)C(F)(F)F. The zero-order valence-electron chi connectivity index (χ0n) is 16.6. The second-order valence-corrected chi connectivity index (χ2v) is 8.69. The molecule has 0 bridgehead atoms. The number of hydrogen-bond acceptors (Lipinski definition) is 5. The van der Waals surface area contributed by atoms with E-state index in [1.54, 1.807) is 5.32 Å². The highest BCUT2D eigenvalue weighted by Gasteiger charge is 2.60. The van der Waals surface area contributed by atoms with Crippen LogP contribution in [0.1, 0.15) is 37.9 Å². The Morgan fingerprint density at radius 3 is 2.47 bits per heavy atom. The van der Waals surface area contributed by atoms with Crippen LogP contribution in [0.3, 0.4) is 0 Å². The van der Waals surface area contributed by atoms with E-state index in [0.29, 0.717) is 25.1 Å². The molecule has 6 atom stereocenters. The highest BCUT2D eigenvalue weighted by molar-refractivity contribution is 5.82. The normalized spacial score (nSPS) is 34.8. The van der Waals surface area contributed by atoms with Gasteiger partial charge in [-0.2, -0.15) is 26.3 Å². The summed E-state index contributed by atoms with van der Waals surface area (Å²) >= 11 is 0. The average Bonchev–Trinajstić information content (AvgIpc) is 3.29. The first-order valence-electron chi connectivity index (χ1n) is 10.2. The first-order chi connectivity index (χ1) is 14.9. The number of aromatic nitrogens is 2. The predicted octanol–water partition coefficient (Wildman–Crippen LogP) is 2.78. The van der Waals surface area contributed by atoms with Crippen LogP contribution in [0.25, 0.3) is 0 Å². The fourth-order valence-corrected chi connectivity index (χ4v) is 4.86. The van der Waals surface area contributed by atoms with Gasteiger partial charge in [-0.15, -0.1) is 0 Å². The molecule has 4 rings (SSSR count). The van der Waals surface area contributed by atoms with Crippen molar-refractivity contribution in [1.82, 2.24) is 20.6 Å². The fourth-order valence-electron chi connectivity index (χ4n) is 4.86. The lowest BCUT2D eigenvalue weighted by atomic mass is 9.86. The standard InChI is InChI=1S/C19H21F7N4O2/c20-10-6-27-15(28-7-10)17-2-1-11(3-9(17)5-17)32-8-13-12(30-16(31)19(24,25)26)4-14(29-13)18(21,22)23/h6-7,9,11-14,29H,1-5,8H2,(H,30,31)/t9?,11?,12?,13-,14-,17?/m0/s1. The lowest BCUT2D eigenvalue weighted by molar-refractivity contribution is -0.174. The smallest absolute Gasteiger partial charge is 0.377 e. The van der Waals surface area contributed by atoms with E-state index in [9.17, 15) is 35.5 Å². The van der Waals surface area contributed by atoms with Gasteiger partial charge in [0.05, 0.1) is 31.1 Å². The Hall–Kier alpha value is -2.02. The number of halogens is 7. The Kier molecular flexibility index (Phi) is 5.85. The Morgan fingerprint density at radius 2 is 1.88 bits per heavy atom. The number of carbonyl (C=O) groups is 1. The maximum atomic E-state index is 13.1. The minimum Gasteiger partial charge on any atom is -0.377 e. The zero-order valence-corrected chi connectivity index (χ0v) is 16.6. The molecule has 1 aromatic rings. The van der Waals surface area contributed by atoms with Gasteiger partial charge >= 0.3 is 18.3 Å². The fraction of sp³-hybridized carbons (Fsp3) is 0.737. The van der Waals surface area contributed by atoms with Crippen LogP contribution in [0.2, 0.25) is 0 Å². The van der Waals surface area contributed by atoms with Crippen molar-refractivity contribution >= 4 is 5.91 Å². The van der Waals surface area contributed by atoms with Crippen molar-refractivity contribution in [2.24, 2.45) is 5.92 Å². The summed E-state index contributed by atoms with van der Waals surface area (Å²) in [6.07, 6.45) is -6.04. The van der Waals surface area contributed by atoms with Crippen molar-refractivity contribution in [1.29, 1.82) is 0 Å². The molecule has 3 fully saturated rings. The Labute approximate surface area is 178 Å². The quantitative estimate of drug-likeness (QED) is 0.648. The first-order valence-corrected chi connectivity index (χ1v) is 10.2. The largest absolute Gasteiger partial charge is 0.471 e. The van der Waals surface area contributed by atoms with Gasteiger partial charge in [0.15, 0.2) is 5.82 Å². The third-order valence-electron chi connectivity index (χ3n) is 6.63. The number of ether oxygens (including phenoxy) is 1. The van der Waals surface area contributed by atoms with Gasteiger partial charge in [0.25, 0.3) is 0 Å². The number of carbonyl (C=O) groups excluding carboxylic acids is 1. The summed E-state index contributed by atoms with van der Waals surface area (Å²) in [5.41, 5.74) is -0.246. The molecule has 4 unspecified atom stereocenters. The zero-order chi connectivity index (χ0) is 23.3. The molecule has 3 aliphatic rings. The molecule has 2 N–H and O–H groups in total. The van der Waals surface area contributed by atoms with E-state index in [1.165, 1.54) is 0 Å². The summed E-state index contributed by atoms with van der Waals surface area (Å²) in [5.74, 6) is -2.07. The lowest BCUT2D eigenvalue weighted by Crippen LogP contribution is -2.50. The Morgan fingerprint density at radius 1 is 1.19 bits per heavy atom. The second-order valence-electron chi connectivity index (χ2n) is 8.69. The van der Waals surface area contributed by atoms with E-state index in [2.05, 4.69) is 15.3 Å². The van der Waals surface area contributed by atoms with Crippen LogP contribution in [-0.4, -0.2) is 59.1 Å². The minimum atomic E-state index is -5.19. The molecule has 1 amide bonds. The highest BCUT2D eigenvalue weighted by Crippen LogP contribution is 2.61. The van der Waals surface area contributed by atoms with Crippen molar-refractivity contribution < 1.29 is 40.3 Å². The van der Waals surface area contributed by atoms with Crippen molar-refractivity contribution in [3.05, 3.63) is 24.0 Å². The number of fused-ring (bicyclic) bond motifs is 1. The van der Waals surface area contributed by atoms with Crippen LogP contribution in [0.15, 0.2) is 12.4 Å². The van der Waals surface area contributed by atoms with Gasteiger partial charge in [-0.05, 0) is 38.0 Å². The van der Waals surface area contributed by atoms with Crippen LogP contribution in [-0.2, 0) is 14.9 Å². The summed E-state index contributed by atoms with van der Waals surface area (Å²) in [6.45, 7) is -0.271. The van der Waals surface area contributed by atoms with Crippen molar-refractivity contribution in [2.75, 3.05) is 6.61 Å². The summed E-state index contributed by atoms with van der Waals surface area (Å²) in [4.78, 5) is 19.4. The summed E-state index contributed by atoms with van der Waals surface area (Å²) in [6, 6.07) is -4.51. The second kappa shape index (κ2) is 8.08. The van der Waals surface area contributed by atoms with Crippen LogP contribution in [0, 0.1) is 11.7 Å². The van der Waals surface area contributed by atoms with Gasteiger partial charge in [-0.1, -0.05) is 0 Å². The van der Waals surface area contributed by atoms with Crippen LogP contribution >= 0.6 is 0 Å². The van der Waals surface area contributed by atoms with Gasteiger partial charge in [0.2, 0.25) is 0 Å². The van der Waals surface area contributed by atoms with E-state index in [1.807, 2.05) is 0 Å². The third kappa shape index (κ3) is 4.68. The molecule has 6 nitrogen and oxygen atoms in total. The van der Waals surface area contributed by atoms with E-state index in [0.717, 1.165) is 18.8 Å². The molecule has 2 aliphatic carbocycles. The molecular weight excluding hydrogens is 449 g/mol. The van der Waals surface area contributed by atoms with Crippen molar-refractivity contribution in [3.8, 4) is 0 Å².